The summed E-state index contributed by atoms with van der Waals surface area (Å²) in [6, 6.07) is 19.3. The van der Waals surface area contributed by atoms with Crippen LogP contribution in [0.5, 0.6) is 5.75 Å². The SMILES string of the molecule is CC(Oc1ccccc1C#N)C(=O)NCCCN(C)Cc1ccccc1. The molecule has 26 heavy (non-hydrogen) atoms. The Morgan fingerprint density at radius 2 is 1.88 bits per heavy atom. The molecule has 0 bridgehead atoms. The van der Waals surface area contributed by atoms with Crippen LogP contribution in [0.3, 0.4) is 0 Å². The molecule has 2 aromatic rings. The molecular weight excluding hydrogens is 326 g/mol. The Labute approximate surface area is 155 Å². The number of amides is 1. The second kappa shape index (κ2) is 10.2. The number of hydrogen-bond donors (Lipinski definition) is 1. The minimum Gasteiger partial charge on any atom is -0.480 e. The third-order valence-electron chi connectivity index (χ3n) is 3.99. The van der Waals surface area contributed by atoms with Crippen LogP contribution in [0.1, 0.15) is 24.5 Å². The lowest BCUT2D eigenvalue weighted by Gasteiger charge is -2.18. The zero-order valence-electron chi connectivity index (χ0n) is 15.3. The molecule has 0 aliphatic rings. The van der Waals surface area contributed by atoms with Gasteiger partial charge in [0.25, 0.3) is 5.91 Å². The lowest BCUT2D eigenvalue weighted by molar-refractivity contribution is -0.127. The fourth-order valence-electron chi connectivity index (χ4n) is 2.58. The Morgan fingerprint density at radius 1 is 1.19 bits per heavy atom. The van der Waals surface area contributed by atoms with Crippen LogP contribution in [0.2, 0.25) is 0 Å². The van der Waals surface area contributed by atoms with Crippen molar-refractivity contribution in [3.63, 3.8) is 0 Å². The molecule has 0 radical (unpaired) electrons. The van der Waals surface area contributed by atoms with Gasteiger partial charge in [0.1, 0.15) is 11.8 Å². The molecule has 2 aromatic carbocycles. The Bertz CT molecular complexity index is 740. The summed E-state index contributed by atoms with van der Waals surface area (Å²) in [4.78, 5) is 14.4. The van der Waals surface area contributed by atoms with Gasteiger partial charge >= 0.3 is 0 Å². The van der Waals surface area contributed by atoms with E-state index in [4.69, 9.17) is 10.00 Å². The Morgan fingerprint density at radius 3 is 2.62 bits per heavy atom. The van der Waals surface area contributed by atoms with E-state index in [9.17, 15) is 4.79 Å². The molecular formula is C21H25N3O2. The average molecular weight is 351 g/mol. The van der Waals surface area contributed by atoms with Crippen molar-refractivity contribution in [1.82, 2.24) is 10.2 Å². The first-order valence-corrected chi connectivity index (χ1v) is 8.76. The quantitative estimate of drug-likeness (QED) is 0.706. The van der Waals surface area contributed by atoms with Crippen LogP contribution in [0.4, 0.5) is 0 Å². The average Bonchev–Trinajstić information content (AvgIpc) is 2.66. The third-order valence-corrected chi connectivity index (χ3v) is 3.99. The van der Waals surface area contributed by atoms with Crippen molar-refractivity contribution in [1.29, 1.82) is 5.26 Å². The van der Waals surface area contributed by atoms with Crippen molar-refractivity contribution >= 4 is 5.91 Å². The van der Waals surface area contributed by atoms with Crippen molar-refractivity contribution in [3.8, 4) is 11.8 Å². The monoisotopic (exact) mass is 351 g/mol. The Balaban J connectivity index is 1.69. The molecule has 136 valence electrons. The molecule has 5 nitrogen and oxygen atoms in total. The topological polar surface area (TPSA) is 65.4 Å². The minimum absolute atomic E-state index is 0.177. The van der Waals surface area contributed by atoms with E-state index in [0.717, 1.165) is 19.5 Å². The van der Waals surface area contributed by atoms with Gasteiger partial charge in [0.15, 0.2) is 6.10 Å². The Hall–Kier alpha value is -2.84. The molecule has 5 heteroatoms. The van der Waals surface area contributed by atoms with E-state index < -0.39 is 6.10 Å². The van der Waals surface area contributed by atoms with Gasteiger partial charge in [0.2, 0.25) is 0 Å². The van der Waals surface area contributed by atoms with E-state index in [-0.39, 0.29) is 5.91 Å². The molecule has 0 aliphatic heterocycles. The lowest BCUT2D eigenvalue weighted by Crippen LogP contribution is -2.37. The molecule has 2 rings (SSSR count). The zero-order valence-corrected chi connectivity index (χ0v) is 15.3. The molecule has 0 fully saturated rings. The van der Waals surface area contributed by atoms with Gasteiger partial charge in [0, 0.05) is 13.1 Å². The second-order valence-corrected chi connectivity index (χ2v) is 6.24. The summed E-state index contributed by atoms with van der Waals surface area (Å²) in [5, 5.41) is 12.0. The summed E-state index contributed by atoms with van der Waals surface area (Å²) in [5.41, 5.74) is 1.70. The highest BCUT2D eigenvalue weighted by Crippen LogP contribution is 2.18. The first kappa shape index (κ1) is 19.5. The molecule has 1 N–H and O–H groups in total. The van der Waals surface area contributed by atoms with Gasteiger partial charge < -0.3 is 15.0 Å². The standard InChI is InChI=1S/C21H25N3O2/c1-17(26-20-12-7-6-11-19(20)15-22)21(25)23-13-8-14-24(2)16-18-9-4-3-5-10-18/h3-7,9-12,17H,8,13-14,16H2,1-2H3,(H,23,25). The summed E-state index contributed by atoms with van der Waals surface area (Å²) in [6.07, 6.45) is 0.211. The number of nitrogens with one attached hydrogen (secondary N) is 1. The fourth-order valence-corrected chi connectivity index (χ4v) is 2.58. The van der Waals surface area contributed by atoms with Crippen LogP contribution in [-0.2, 0) is 11.3 Å². The number of nitrogens with zero attached hydrogens (tertiary/aromatic N) is 2. The normalized spacial score (nSPS) is 11.6. The lowest BCUT2D eigenvalue weighted by atomic mass is 10.2. The van der Waals surface area contributed by atoms with Crippen molar-refractivity contribution in [3.05, 3.63) is 65.7 Å². The Kier molecular flexibility index (Phi) is 7.66. The van der Waals surface area contributed by atoms with Crippen LogP contribution in [0.15, 0.2) is 54.6 Å². The number of rotatable bonds is 9. The molecule has 0 spiro atoms. The number of benzene rings is 2. The van der Waals surface area contributed by atoms with Crippen LogP contribution in [0, 0.1) is 11.3 Å². The van der Waals surface area contributed by atoms with Crippen LogP contribution >= 0.6 is 0 Å². The first-order valence-electron chi connectivity index (χ1n) is 8.76. The molecule has 0 aliphatic carbocycles. The summed E-state index contributed by atoms with van der Waals surface area (Å²) in [5.74, 6) is 0.253. The molecule has 0 heterocycles. The van der Waals surface area contributed by atoms with Gasteiger partial charge in [-0.05, 0) is 44.6 Å². The van der Waals surface area contributed by atoms with Crippen molar-refractivity contribution < 1.29 is 9.53 Å². The first-order chi connectivity index (χ1) is 12.6. The largest absolute Gasteiger partial charge is 0.480 e. The molecule has 1 amide bonds. The molecule has 1 unspecified atom stereocenters. The van der Waals surface area contributed by atoms with E-state index >= 15 is 0 Å². The van der Waals surface area contributed by atoms with E-state index in [1.807, 2.05) is 18.2 Å². The molecule has 0 saturated heterocycles. The number of nitriles is 1. The number of ether oxygens (including phenoxy) is 1. The molecule has 0 saturated carbocycles. The van der Waals surface area contributed by atoms with Gasteiger partial charge in [-0.25, -0.2) is 0 Å². The maximum absolute atomic E-state index is 12.2. The fraction of sp³-hybridized carbons (Fsp3) is 0.333. The van der Waals surface area contributed by atoms with Crippen LogP contribution in [-0.4, -0.2) is 37.0 Å². The van der Waals surface area contributed by atoms with E-state index in [0.29, 0.717) is 17.9 Å². The summed E-state index contributed by atoms with van der Waals surface area (Å²) in [6.45, 7) is 4.05. The summed E-state index contributed by atoms with van der Waals surface area (Å²) >= 11 is 0. The van der Waals surface area contributed by atoms with Gasteiger partial charge in [-0.1, -0.05) is 42.5 Å². The van der Waals surface area contributed by atoms with Gasteiger partial charge in [-0.3, -0.25) is 4.79 Å². The second-order valence-electron chi connectivity index (χ2n) is 6.24. The highest BCUT2D eigenvalue weighted by molar-refractivity contribution is 5.80. The van der Waals surface area contributed by atoms with Gasteiger partial charge in [0.05, 0.1) is 5.56 Å². The third kappa shape index (κ3) is 6.23. The summed E-state index contributed by atoms with van der Waals surface area (Å²) < 4.78 is 5.61. The van der Waals surface area contributed by atoms with Crippen molar-refractivity contribution in [2.45, 2.75) is 26.0 Å². The van der Waals surface area contributed by atoms with E-state index in [1.54, 1.807) is 31.2 Å². The van der Waals surface area contributed by atoms with E-state index in [1.165, 1.54) is 5.56 Å². The number of hydrogen-bond acceptors (Lipinski definition) is 4. The smallest absolute Gasteiger partial charge is 0.260 e. The maximum atomic E-state index is 12.2. The highest BCUT2D eigenvalue weighted by atomic mass is 16.5. The van der Waals surface area contributed by atoms with Crippen LogP contribution in [0.25, 0.3) is 0 Å². The molecule has 1 atom stereocenters. The van der Waals surface area contributed by atoms with Crippen molar-refractivity contribution in [2.24, 2.45) is 0 Å². The van der Waals surface area contributed by atoms with Gasteiger partial charge in [-0.2, -0.15) is 5.26 Å². The zero-order chi connectivity index (χ0) is 18.8. The summed E-state index contributed by atoms with van der Waals surface area (Å²) in [7, 11) is 2.07. The molecule has 0 aromatic heterocycles. The number of carbonyl (C=O) groups excluding carboxylic acids is 1. The van der Waals surface area contributed by atoms with Crippen molar-refractivity contribution in [2.75, 3.05) is 20.1 Å². The number of carbonyl (C=O) groups is 1. The minimum atomic E-state index is -0.647. The van der Waals surface area contributed by atoms with Gasteiger partial charge in [-0.15, -0.1) is 0 Å². The van der Waals surface area contributed by atoms with Crippen LogP contribution < -0.4 is 10.1 Å². The van der Waals surface area contributed by atoms with E-state index in [2.05, 4.69) is 35.5 Å². The highest BCUT2D eigenvalue weighted by Gasteiger charge is 2.15. The predicted octanol–water partition coefficient (Wildman–Crippen LogP) is 2.96. The predicted molar refractivity (Wildman–Crippen MR) is 102 cm³/mol. The number of para-hydroxylation sites is 1. The maximum Gasteiger partial charge on any atom is 0.260 e.